The second kappa shape index (κ2) is 5.26. The molecule has 0 bridgehead atoms. The van der Waals surface area contributed by atoms with E-state index in [0.717, 1.165) is 5.69 Å². The Bertz CT molecular complexity index is 623. The van der Waals surface area contributed by atoms with Crippen molar-refractivity contribution in [2.24, 2.45) is 0 Å². The highest BCUT2D eigenvalue weighted by Gasteiger charge is 2.09. The largest absolute Gasteiger partial charge is 0.321 e. The predicted molar refractivity (Wildman–Crippen MR) is 70.0 cm³/mol. The Morgan fingerprint density at radius 2 is 1.89 bits per heavy atom. The van der Waals surface area contributed by atoms with Crippen LogP contribution in [-0.2, 0) is 0 Å². The number of hydrogen-bond acceptors (Lipinski definition) is 4. The molecule has 1 N–H and O–H groups in total. The van der Waals surface area contributed by atoms with Crippen LogP contribution in [0.4, 0.5) is 11.4 Å². The van der Waals surface area contributed by atoms with Crippen LogP contribution in [0.5, 0.6) is 0 Å². The van der Waals surface area contributed by atoms with Crippen LogP contribution in [0.15, 0.2) is 42.5 Å². The lowest BCUT2D eigenvalue weighted by atomic mass is 10.2. The van der Waals surface area contributed by atoms with Gasteiger partial charge in [-0.15, -0.1) is 0 Å². The minimum absolute atomic E-state index is 0.0216. The number of nitro benzene ring substituents is 1. The van der Waals surface area contributed by atoms with Crippen molar-refractivity contribution in [3.63, 3.8) is 0 Å². The van der Waals surface area contributed by atoms with Crippen LogP contribution in [0.3, 0.4) is 0 Å². The van der Waals surface area contributed by atoms with E-state index in [1.54, 1.807) is 25.1 Å². The number of nitro groups is 1. The maximum Gasteiger partial charge on any atom is 0.274 e. The first kappa shape index (κ1) is 12.7. The van der Waals surface area contributed by atoms with Crippen molar-refractivity contribution in [1.29, 1.82) is 0 Å². The number of nitrogens with zero attached hydrogens (tertiary/aromatic N) is 2. The van der Waals surface area contributed by atoms with E-state index in [0.29, 0.717) is 11.4 Å². The first-order chi connectivity index (χ1) is 9.06. The zero-order chi connectivity index (χ0) is 13.8. The number of rotatable bonds is 3. The third kappa shape index (κ3) is 3.12. The number of amides is 1. The first-order valence-corrected chi connectivity index (χ1v) is 5.56. The molecule has 2 rings (SSSR count). The van der Waals surface area contributed by atoms with Crippen LogP contribution in [0, 0.1) is 17.0 Å². The van der Waals surface area contributed by atoms with Gasteiger partial charge >= 0.3 is 0 Å². The molecule has 0 unspecified atom stereocenters. The van der Waals surface area contributed by atoms with Gasteiger partial charge in [-0.1, -0.05) is 6.07 Å². The molecule has 0 aliphatic carbocycles. The Labute approximate surface area is 109 Å². The Hall–Kier alpha value is -2.76. The van der Waals surface area contributed by atoms with Crippen molar-refractivity contribution in [1.82, 2.24) is 4.98 Å². The second-order valence-electron chi connectivity index (χ2n) is 3.92. The van der Waals surface area contributed by atoms with E-state index in [2.05, 4.69) is 10.3 Å². The highest BCUT2D eigenvalue weighted by Crippen LogP contribution is 2.15. The summed E-state index contributed by atoms with van der Waals surface area (Å²) in [6, 6.07) is 10.8. The topological polar surface area (TPSA) is 85.1 Å². The molecule has 2 aromatic rings. The fourth-order valence-electron chi connectivity index (χ4n) is 1.53. The summed E-state index contributed by atoms with van der Waals surface area (Å²) in [5.41, 5.74) is 1.51. The predicted octanol–water partition coefficient (Wildman–Crippen LogP) is 2.55. The number of nitrogens with one attached hydrogen (secondary N) is 1. The quantitative estimate of drug-likeness (QED) is 0.676. The third-order valence-electron chi connectivity index (χ3n) is 2.46. The molecule has 0 fully saturated rings. The molecule has 6 nitrogen and oxygen atoms in total. The van der Waals surface area contributed by atoms with Crippen molar-refractivity contribution >= 4 is 17.3 Å². The highest BCUT2D eigenvalue weighted by molar-refractivity contribution is 6.02. The number of hydrogen-bond donors (Lipinski definition) is 1. The van der Waals surface area contributed by atoms with Crippen LogP contribution in [0.25, 0.3) is 0 Å². The Balaban J connectivity index is 2.13. The maximum absolute atomic E-state index is 11.9. The van der Waals surface area contributed by atoms with Gasteiger partial charge in [0.1, 0.15) is 5.69 Å². The molecule has 1 aromatic carbocycles. The van der Waals surface area contributed by atoms with Crippen LogP contribution in [0.1, 0.15) is 16.2 Å². The maximum atomic E-state index is 11.9. The molecule has 96 valence electrons. The number of benzene rings is 1. The number of non-ortho nitro benzene ring substituents is 1. The molecule has 1 amide bonds. The zero-order valence-electron chi connectivity index (χ0n) is 10.2. The van der Waals surface area contributed by atoms with E-state index >= 15 is 0 Å². The van der Waals surface area contributed by atoms with Gasteiger partial charge in [0.15, 0.2) is 0 Å². The number of aryl methyl sites for hydroxylation is 1. The Kier molecular flexibility index (Phi) is 3.51. The Morgan fingerprint density at radius 1 is 1.21 bits per heavy atom. The van der Waals surface area contributed by atoms with E-state index in [1.807, 2.05) is 0 Å². The monoisotopic (exact) mass is 257 g/mol. The van der Waals surface area contributed by atoms with Crippen LogP contribution in [-0.4, -0.2) is 15.8 Å². The van der Waals surface area contributed by atoms with Gasteiger partial charge in [-0.3, -0.25) is 14.9 Å². The molecule has 0 aliphatic heterocycles. The molecule has 6 heteroatoms. The summed E-state index contributed by atoms with van der Waals surface area (Å²) in [5.74, 6) is -0.349. The highest BCUT2D eigenvalue weighted by atomic mass is 16.6. The lowest BCUT2D eigenvalue weighted by molar-refractivity contribution is -0.384. The van der Waals surface area contributed by atoms with Gasteiger partial charge in [0.05, 0.1) is 4.92 Å². The van der Waals surface area contributed by atoms with E-state index in [9.17, 15) is 14.9 Å². The normalized spacial score (nSPS) is 9.95. The number of aromatic nitrogens is 1. The van der Waals surface area contributed by atoms with Crippen LogP contribution in [0.2, 0.25) is 0 Å². The van der Waals surface area contributed by atoms with Crippen LogP contribution < -0.4 is 5.32 Å². The molecule has 0 saturated carbocycles. The summed E-state index contributed by atoms with van der Waals surface area (Å²) in [6.45, 7) is 1.79. The molecule has 1 heterocycles. The van der Waals surface area contributed by atoms with Gasteiger partial charge in [-0.05, 0) is 31.2 Å². The molecule has 0 radical (unpaired) electrons. The minimum atomic E-state index is -0.492. The summed E-state index contributed by atoms with van der Waals surface area (Å²) in [5, 5.41) is 13.1. The molecular weight excluding hydrogens is 246 g/mol. The average Bonchev–Trinajstić information content (AvgIpc) is 2.39. The molecule has 0 aliphatic rings. The van der Waals surface area contributed by atoms with Gasteiger partial charge in [0.25, 0.3) is 11.6 Å². The van der Waals surface area contributed by atoms with Gasteiger partial charge in [0.2, 0.25) is 0 Å². The molecular formula is C13H11N3O3. The van der Waals surface area contributed by atoms with E-state index in [-0.39, 0.29) is 11.6 Å². The SMILES string of the molecule is Cc1cccc(C(=O)Nc2ccc([N+](=O)[O-])cc2)n1. The fourth-order valence-corrected chi connectivity index (χ4v) is 1.53. The van der Waals surface area contributed by atoms with Crippen LogP contribution >= 0.6 is 0 Å². The van der Waals surface area contributed by atoms with E-state index in [4.69, 9.17) is 0 Å². The zero-order valence-corrected chi connectivity index (χ0v) is 10.2. The minimum Gasteiger partial charge on any atom is -0.321 e. The van der Waals surface area contributed by atoms with Gasteiger partial charge in [-0.2, -0.15) is 0 Å². The van der Waals surface area contributed by atoms with Gasteiger partial charge in [-0.25, -0.2) is 4.98 Å². The number of pyridine rings is 1. The van der Waals surface area contributed by atoms with Crippen molar-refractivity contribution in [3.8, 4) is 0 Å². The summed E-state index contributed by atoms with van der Waals surface area (Å²) in [6.07, 6.45) is 0. The summed E-state index contributed by atoms with van der Waals surface area (Å²) in [7, 11) is 0. The summed E-state index contributed by atoms with van der Waals surface area (Å²) >= 11 is 0. The fraction of sp³-hybridized carbons (Fsp3) is 0.0769. The standard InChI is InChI=1S/C13H11N3O3/c1-9-3-2-4-12(14-9)13(17)15-10-5-7-11(8-6-10)16(18)19/h2-8H,1H3,(H,15,17). The molecule has 0 spiro atoms. The summed E-state index contributed by atoms with van der Waals surface area (Å²) in [4.78, 5) is 26.0. The molecule has 0 saturated heterocycles. The van der Waals surface area contributed by atoms with Crippen molar-refractivity contribution in [2.75, 3.05) is 5.32 Å². The smallest absolute Gasteiger partial charge is 0.274 e. The van der Waals surface area contributed by atoms with Crippen molar-refractivity contribution < 1.29 is 9.72 Å². The van der Waals surface area contributed by atoms with Crippen molar-refractivity contribution in [2.45, 2.75) is 6.92 Å². The average molecular weight is 257 g/mol. The number of carbonyl (C=O) groups excluding carboxylic acids is 1. The first-order valence-electron chi connectivity index (χ1n) is 5.56. The molecule has 0 atom stereocenters. The number of anilines is 1. The van der Waals surface area contributed by atoms with Gasteiger partial charge < -0.3 is 5.32 Å². The van der Waals surface area contributed by atoms with Crippen molar-refractivity contribution in [3.05, 3.63) is 64.0 Å². The lowest BCUT2D eigenvalue weighted by Crippen LogP contribution is -2.13. The molecule has 19 heavy (non-hydrogen) atoms. The Morgan fingerprint density at radius 3 is 2.47 bits per heavy atom. The number of carbonyl (C=O) groups is 1. The summed E-state index contributed by atoms with van der Waals surface area (Å²) < 4.78 is 0. The van der Waals surface area contributed by atoms with E-state index in [1.165, 1.54) is 24.3 Å². The second-order valence-corrected chi connectivity index (χ2v) is 3.92. The lowest BCUT2D eigenvalue weighted by Gasteiger charge is -2.04. The molecule has 1 aromatic heterocycles. The van der Waals surface area contributed by atoms with E-state index < -0.39 is 4.92 Å². The third-order valence-corrected chi connectivity index (χ3v) is 2.46. The van der Waals surface area contributed by atoms with Gasteiger partial charge in [0, 0.05) is 23.5 Å².